The van der Waals surface area contributed by atoms with Gasteiger partial charge in [0.1, 0.15) is 11.4 Å². The summed E-state index contributed by atoms with van der Waals surface area (Å²) in [4.78, 5) is 18.8. The largest absolute Gasteiger partial charge is 0.316 e. The van der Waals surface area contributed by atoms with Crippen LogP contribution in [0.25, 0.3) is 6.08 Å². The molecule has 0 saturated carbocycles. The van der Waals surface area contributed by atoms with E-state index in [0.717, 1.165) is 17.0 Å². The minimum absolute atomic E-state index is 0.117. The molecule has 0 fully saturated rings. The average molecular weight is 264 g/mol. The molecule has 1 aromatic carbocycles. The highest BCUT2D eigenvalue weighted by Crippen LogP contribution is 2.37. The van der Waals surface area contributed by atoms with E-state index in [-0.39, 0.29) is 5.91 Å². The highest BCUT2D eigenvalue weighted by atomic mass is 16.2. The van der Waals surface area contributed by atoms with Gasteiger partial charge in [-0.2, -0.15) is 4.99 Å². The monoisotopic (exact) mass is 264 g/mol. The van der Waals surface area contributed by atoms with Gasteiger partial charge in [0, 0.05) is 11.8 Å². The Morgan fingerprint density at radius 3 is 2.60 bits per heavy atom. The quantitative estimate of drug-likeness (QED) is 0.783. The van der Waals surface area contributed by atoms with E-state index in [0.29, 0.717) is 12.8 Å². The van der Waals surface area contributed by atoms with Crippen molar-refractivity contribution in [3.05, 3.63) is 66.9 Å². The van der Waals surface area contributed by atoms with Gasteiger partial charge < -0.3 is 4.90 Å². The minimum Gasteiger partial charge on any atom is -0.316 e. The Balaban J connectivity index is 2.13. The lowest BCUT2D eigenvalue weighted by atomic mass is 9.88. The van der Waals surface area contributed by atoms with Crippen molar-refractivity contribution in [2.24, 2.45) is 4.99 Å². The third-order valence-electron chi connectivity index (χ3n) is 3.86. The molecule has 0 N–H and O–H groups in total. The Hall–Kier alpha value is -2.42. The Bertz CT molecular complexity index is 645. The molecule has 0 saturated heterocycles. The van der Waals surface area contributed by atoms with Gasteiger partial charge in [-0.1, -0.05) is 36.4 Å². The fourth-order valence-electron chi connectivity index (χ4n) is 2.90. The highest BCUT2D eigenvalue weighted by molar-refractivity contribution is 6.16. The standard InChI is InChI=1S/C17H16N2O/c1-3-10-17(11-4-2)16(20)18-15-14-8-6-5-7-13(14)9-12-19(15)17/h3-9,12H,1-2,10-11H2. The fraction of sp³-hybridized carbons (Fsp3) is 0.176. The molecule has 20 heavy (non-hydrogen) atoms. The zero-order valence-electron chi connectivity index (χ0n) is 11.2. The number of fused-ring (bicyclic) bond motifs is 3. The van der Waals surface area contributed by atoms with Crippen LogP contribution in [0.1, 0.15) is 24.0 Å². The van der Waals surface area contributed by atoms with Gasteiger partial charge >= 0.3 is 0 Å². The molecule has 0 atom stereocenters. The van der Waals surface area contributed by atoms with E-state index in [1.165, 1.54) is 0 Å². The summed E-state index contributed by atoms with van der Waals surface area (Å²) in [5.74, 6) is 0.616. The van der Waals surface area contributed by atoms with Gasteiger partial charge in [0.05, 0.1) is 0 Å². The molecule has 2 heterocycles. The number of hydrogen-bond acceptors (Lipinski definition) is 2. The summed E-state index contributed by atoms with van der Waals surface area (Å²) in [5, 5.41) is 0. The van der Waals surface area contributed by atoms with Gasteiger partial charge in [-0.25, -0.2) is 0 Å². The summed E-state index contributed by atoms with van der Waals surface area (Å²) in [6, 6.07) is 7.97. The topological polar surface area (TPSA) is 32.7 Å². The predicted molar refractivity (Wildman–Crippen MR) is 81.2 cm³/mol. The summed E-state index contributed by atoms with van der Waals surface area (Å²) >= 11 is 0. The zero-order valence-corrected chi connectivity index (χ0v) is 11.2. The van der Waals surface area contributed by atoms with Crippen molar-refractivity contribution in [1.29, 1.82) is 0 Å². The molecule has 1 aromatic rings. The van der Waals surface area contributed by atoms with Crippen molar-refractivity contribution in [2.75, 3.05) is 0 Å². The number of benzene rings is 1. The van der Waals surface area contributed by atoms with Crippen LogP contribution in [0, 0.1) is 0 Å². The first-order valence-corrected chi connectivity index (χ1v) is 6.65. The third kappa shape index (κ3) is 1.59. The van der Waals surface area contributed by atoms with Crippen molar-refractivity contribution in [3.63, 3.8) is 0 Å². The SMILES string of the molecule is C=CCC1(CC=C)C(=O)N=C2c3ccccc3C=CN21. The summed E-state index contributed by atoms with van der Waals surface area (Å²) in [7, 11) is 0. The molecule has 0 radical (unpaired) electrons. The average Bonchev–Trinajstić information content (AvgIpc) is 2.73. The molecule has 1 amide bonds. The molecule has 100 valence electrons. The smallest absolute Gasteiger partial charge is 0.274 e. The van der Waals surface area contributed by atoms with Crippen LogP contribution >= 0.6 is 0 Å². The Morgan fingerprint density at radius 2 is 1.90 bits per heavy atom. The number of amidine groups is 1. The third-order valence-corrected chi connectivity index (χ3v) is 3.86. The number of rotatable bonds is 4. The van der Waals surface area contributed by atoms with Gasteiger partial charge in [0.25, 0.3) is 5.91 Å². The van der Waals surface area contributed by atoms with E-state index in [1.54, 1.807) is 12.2 Å². The second-order valence-electron chi connectivity index (χ2n) is 5.03. The molecule has 0 aliphatic carbocycles. The van der Waals surface area contributed by atoms with E-state index < -0.39 is 5.54 Å². The van der Waals surface area contributed by atoms with Crippen LogP contribution in [0.4, 0.5) is 0 Å². The highest BCUT2D eigenvalue weighted by Gasteiger charge is 2.49. The second kappa shape index (κ2) is 4.60. The Morgan fingerprint density at radius 1 is 1.20 bits per heavy atom. The number of hydrogen-bond donors (Lipinski definition) is 0. The van der Waals surface area contributed by atoms with Gasteiger partial charge in [0.15, 0.2) is 0 Å². The van der Waals surface area contributed by atoms with E-state index in [4.69, 9.17) is 0 Å². The van der Waals surface area contributed by atoms with Crippen LogP contribution in [-0.2, 0) is 4.79 Å². The maximum absolute atomic E-state index is 12.5. The molecule has 3 rings (SSSR count). The van der Waals surface area contributed by atoms with Gasteiger partial charge in [-0.3, -0.25) is 4.79 Å². The normalized spacial score (nSPS) is 18.3. The van der Waals surface area contributed by atoms with Crippen LogP contribution < -0.4 is 0 Å². The first-order chi connectivity index (χ1) is 9.73. The Kier molecular flexibility index (Phi) is 2.90. The summed E-state index contributed by atoms with van der Waals surface area (Å²) in [5.41, 5.74) is 1.39. The molecule has 2 aliphatic rings. The van der Waals surface area contributed by atoms with E-state index in [1.807, 2.05) is 41.4 Å². The number of carbonyl (C=O) groups is 1. The predicted octanol–water partition coefficient (Wildman–Crippen LogP) is 3.15. The fourth-order valence-corrected chi connectivity index (χ4v) is 2.90. The van der Waals surface area contributed by atoms with Crippen LogP contribution in [0.3, 0.4) is 0 Å². The molecule has 0 aromatic heterocycles. The number of nitrogens with zero attached hydrogens (tertiary/aromatic N) is 2. The van der Waals surface area contributed by atoms with Crippen LogP contribution in [0.2, 0.25) is 0 Å². The van der Waals surface area contributed by atoms with E-state index >= 15 is 0 Å². The van der Waals surface area contributed by atoms with E-state index in [9.17, 15) is 4.79 Å². The van der Waals surface area contributed by atoms with Crippen LogP contribution in [0.15, 0.2) is 60.8 Å². The van der Waals surface area contributed by atoms with Crippen LogP contribution in [-0.4, -0.2) is 22.2 Å². The number of amides is 1. The summed E-state index contributed by atoms with van der Waals surface area (Å²) < 4.78 is 0. The van der Waals surface area contributed by atoms with Gasteiger partial charge in [-0.05, 0) is 24.5 Å². The molecular weight excluding hydrogens is 248 g/mol. The van der Waals surface area contributed by atoms with Crippen LogP contribution in [0.5, 0.6) is 0 Å². The molecule has 2 aliphatic heterocycles. The second-order valence-corrected chi connectivity index (χ2v) is 5.03. The maximum Gasteiger partial charge on any atom is 0.274 e. The Labute approximate surface area is 118 Å². The summed E-state index contributed by atoms with van der Waals surface area (Å²) in [6.45, 7) is 7.56. The molecule has 0 spiro atoms. The lowest BCUT2D eigenvalue weighted by Gasteiger charge is -2.36. The van der Waals surface area contributed by atoms with Crippen molar-refractivity contribution < 1.29 is 4.79 Å². The summed E-state index contributed by atoms with van der Waals surface area (Å²) in [6.07, 6.45) is 8.62. The molecule has 0 unspecified atom stereocenters. The van der Waals surface area contributed by atoms with Crippen molar-refractivity contribution in [2.45, 2.75) is 18.4 Å². The van der Waals surface area contributed by atoms with Crippen molar-refractivity contribution in [1.82, 2.24) is 4.90 Å². The minimum atomic E-state index is -0.692. The van der Waals surface area contributed by atoms with Crippen molar-refractivity contribution in [3.8, 4) is 0 Å². The first-order valence-electron chi connectivity index (χ1n) is 6.65. The molecule has 3 nitrogen and oxygen atoms in total. The molecular formula is C17H16N2O. The van der Waals surface area contributed by atoms with Crippen molar-refractivity contribution >= 4 is 17.8 Å². The maximum atomic E-state index is 12.5. The molecule has 3 heteroatoms. The first kappa shape index (κ1) is 12.6. The molecule has 0 bridgehead atoms. The zero-order chi connectivity index (χ0) is 14.2. The number of carbonyl (C=O) groups excluding carboxylic acids is 1. The van der Waals surface area contributed by atoms with E-state index in [2.05, 4.69) is 18.2 Å². The van der Waals surface area contributed by atoms with Gasteiger partial charge in [-0.15, -0.1) is 13.2 Å². The lowest BCUT2D eigenvalue weighted by Crippen LogP contribution is -2.49. The number of aliphatic imine (C=N–C) groups is 1. The van der Waals surface area contributed by atoms with Gasteiger partial charge in [0.2, 0.25) is 0 Å². The lowest BCUT2D eigenvalue weighted by molar-refractivity contribution is -0.124.